The second-order valence-corrected chi connectivity index (χ2v) is 4.91. The molecule has 0 amide bonds. The predicted molar refractivity (Wildman–Crippen MR) is 85.8 cm³/mol. The van der Waals surface area contributed by atoms with Crippen LogP contribution in [0.3, 0.4) is 0 Å². The van der Waals surface area contributed by atoms with E-state index < -0.39 is 0 Å². The molecule has 0 aromatic heterocycles. The van der Waals surface area contributed by atoms with E-state index in [2.05, 4.69) is 0 Å². The van der Waals surface area contributed by atoms with E-state index in [0.29, 0.717) is 22.6 Å². The molecule has 22 heavy (non-hydrogen) atoms. The van der Waals surface area contributed by atoms with Crippen LogP contribution in [0.15, 0.2) is 48.5 Å². The van der Waals surface area contributed by atoms with Crippen LogP contribution in [0.2, 0.25) is 0 Å². The zero-order valence-corrected chi connectivity index (χ0v) is 12.3. The normalized spacial score (nSPS) is 10.6. The maximum Gasteiger partial charge on any atom is 0.200 e. The van der Waals surface area contributed by atoms with E-state index in [1.807, 2.05) is 30.3 Å². The van der Waals surface area contributed by atoms with Gasteiger partial charge in [-0.1, -0.05) is 30.3 Å². The zero-order valence-electron chi connectivity index (χ0n) is 12.3. The molecule has 0 bridgehead atoms. The lowest BCUT2D eigenvalue weighted by molar-refractivity contribution is 0.340. The smallest absolute Gasteiger partial charge is 0.200 e. The van der Waals surface area contributed by atoms with Gasteiger partial charge in [-0.25, -0.2) is 0 Å². The third-order valence-electron chi connectivity index (χ3n) is 3.68. The highest BCUT2D eigenvalue weighted by Crippen LogP contribution is 2.44. The number of fused-ring (bicyclic) bond motifs is 1. The Morgan fingerprint density at radius 3 is 2.09 bits per heavy atom. The van der Waals surface area contributed by atoms with Crippen LogP contribution in [0.25, 0.3) is 21.9 Å². The van der Waals surface area contributed by atoms with Gasteiger partial charge in [0.1, 0.15) is 5.75 Å². The number of aromatic hydroxyl groups is 2. The van der Waals surface area contributed by atoms with Crippen molar-refractivity contribution in [3.8, 4) is 34.1 Å². The number of methoxy groups -OCH3 is 2. The summed E-state index contributed by atoms with van der Waals surface area (Å²) >= 11 is 0. The average Bonchev–Trinajstić information content (AvgIpc) is 2.55. The van der Waals surface area contributed by atoms with E-state index in [0.717, 1.165) is 10.8 Å². The first kappa shape index (κ1) is 14.1. The molecule has 112 valence electrons. The van der Waals surface area contributed by atoms with E-state index in [4.69, 9.17) is 9.47 Å². The fourth-order valence-electron chi connectivity index (χ4n) is 2.60. The molecule has 0 aliphatic carbocycles. The highest BCUT2D eigenvalue weighted by molar-refractivity contribution is 6.00. The summed E-state index contributed by atoms with van der Waals surface area (Å²) < 4.78 is 10.4. The summed E-state index contributed by atoms with van der Waals surface area (Å²) in [6.45, 7) is 0. The molecule has 4 nitrogen and oxygen atoms in total. The highest BCUT2D eigenvalue weighted by atomic mass is 16.5. The van der Waals surface area contributed by atoms with Gasteiger partial charge in [-0.2, -0.15) is 0 Å². The van der Waals surface area contributed by atoms with Crippen LogP contribution >= 0.6 is 0 Å². The van der Waals surface area contributed by atoms with E-state index >= 15 is 0 Å². The molecule has 0 aliphatic rings. The van der Waals surface area contributed by atoms with Crippen molar-refractivity contribution >= 4 is 10.8 Å². The number of phenolic OH excluding ortho intramolecular Hbond substituents is 2. The van der Waals surface area contributed by atoms with Crippen LogP contribution in [0.4, 0.5) is 0 Å². The van der Waals surface area contributed by atoms with Crippen molar-refractivity contribution in [3.05, 3.63) is 48.5 Å². The number of phenols is 2. The van der Waals surface area contributed by atoms with Crippen LogP contribution in [0, 0.1) is 0 Å². The van der Waals surface area contributed by atoms with Gasteiger partial charge in [0, 0.05) is 5.56 Å². The predicted octanol–water partition coefficient (Wildman–Crippen LogP) is 3.94. The zero-order chi connectivity index (χ0) is 15.7. The van der Waals surface area contributed by atoms with Gasteiger partial charge in [-0.15, -0.1) is 0 Å². The Balaban J connectivity index is 2.34. The molecule has 0 spiro atoms. The summed E-state index contributed by atoms with van der Waals surface area (Å²) in [7, 11) is 2.95. The monoisotopic (exact) mass is 296 g/mol. The first-order valence-corrected chi connectivity index (χ1v) is 6.81. The maximum absolute atomic E-state index is 10.3. The molecule has 0 atom stereocenters. The van der Waals surface area contributed by atoms with Crippen LogP contribution in [0.1, 0.15) is 0 Å². The van der Waals surface area contributed by atoms with E-state index in [1.165, 1.54) is 14.2 Å². The molecule has 0 fully saturated rings. The lowest BCUT2D eigenvalue weighted by Gasteiger charge is -2.14. The molecule has 0 saturated carbocycles. The quantitative estimate of drug-likeness (QED) is 0.768. The van der Waals surface area contributed by atoms with Crippen molar-refractivity contribution in [3.63, 3.8) is 0 Å². The van der Waals surface area contributed by atoms with Gasteiger partial charge in [-0.05, 0) is 34.5 Å². The van der Waals surface area contributed by atoms with Gasteiger partial charge in [-0.3, -0.25) is 0 Å². The molecule has 0 radical (unpaired) electrons. The number of benzene rings is 3. The molecule has 3 aromatic carbocycles. The van der Waals surface area contributed by atoms with Gasteiger partial charge in [0.05, 0.1) is 14.2 Å². The Bertz CT molecular complexity index is 815. The van der Waals surface area contributed by atoms with Crippen LogP contribution < -0.4 is 9.47 Å². The first-order valence-electron chi connectivity index (χ1n) is 6.81. The molecule has 0 unspecified atom stereocenters. The molecular formula is C18H16O4. The molecular weight excluding hydrogens is 280 g/mol. The fraction of sp³-hybridized carbons (Fsp3) is 0.111. The summed E-state index contributed by atoms with van der Waals surface area (Å²) in [5, 5.41) is 22.3. The summed E-state index contributed by atoms with van der Waals surface area (Å²) in [4.78, 5) is 0. The summed E-state index contributed by atoms with van der Waals surface area (Å²) in [6, 6.07) is 14.7. The summed E-state index contributed by atoms with van der Waals surface area (Å²) in [5.41, 5.74) is 1.38. The van der Waals surface area contributed by atoms with E-state index in [1.54, 1.807) is 18.2 Å². The Hall–Kier alpha value is -2.88. The van der Waals surface area contributed by atoms with E-state index in [-0.39, 0.29) is 11.5 Å². The minimum atomic E-state index is -0.0616. The van der Waals surface area contributed by atoms with Gasteiger partial charge in [0.25, 0.3) is 0 Å². The number of hydrogen-bond acceptors (Lipinski definition) is 4. The van der Waals surface area contributed by atoms with Crippen molar-refractivity contribution in [1.29, 1.82) is 0 Å². The second-order valence-electron chi connectivity index (χ2n) is 4.91. The lowest BCUT2D eigenvalue weighted by Crippen LogP contribution is -1.91. The lowest BCUT2D eigenvalue weighted by atomic mass is 9.96. The molecule has 2 N–H and O–H groups in total. The second kappa shape index (κ2) is 5.48. The molecule has 4 heteroatoms. The Kier molecular flexibility index (Phi) is 3.51. The van der Waals surface area contributed by atoms with Crippen molar-refractivity contribution in [1.82, 2.24) is 0 Å². The van der Waals surface area contributed by atoms with Gasteiger partial charge >= 0.3 is 0 Å². The first-order chi connectivity index (χ1) is 10.7. The highest BCUT2D eigenvalue weighted by Gasteiger charge is 2.16. The molecule has 0 aliphatic heterocycles. The SMILES string of the molecule is COc1cc(-c2c(O)ccc3ccccc23)cc(OC)c1O. The average molecular weight is 296 g/mol. The number of hydrogen-bond donors (Lipinski definition) is 2. The van der Waals surface area contributed by atoms with Crippen LogP contribution in [-0.2, 0) is 0 Å². The third-order valence-corrected chi connectivity index (χ3v) is 3.68. The third kappa shape index (κ3) is 2.19. The molecule has 3 aromatic rings. The van der Waals surface area contributed by atoms with Crippen molar-refractivity contribution in [2.75, 3.05) is 14.2 Å². The van der Waals surface area contributed by atoms with Crippen molar-refractivity contribution in [2.24, 2.45) is 0 Å². The summed E-state index contributed by atoms with van der Waals surface area (Å²) in [6.07, 6.45) is 0. The van der Waals surface area contributed by atoms with Gasteiger partial charge in [0.15, 0.2) is 11.5 Å². The van der Waals surface area contributed by atoms with Crippen LogP contribution in [0.5, 0.6) is 23.0 Å². The van der Waals surface area contributed by atoms with E-state index in [9.17, 15) is 10.2 Å². The van der Waals surface area contributed by atoms with Crippen molar-refractivity contribution < 1.29 is 19.7 Å². The van der Waals surface area contributed by atoms with Gasteiger partial charge in [0.2, 0.25) is 5.75 Å². The minimum Gasteiger partial charge on any atom is -0.507 e. The number of ether oxygens (including phenoxy) is 2. The molecule has 0 heterocycles. The fourth-order valence-corrected chi connectivity index (χ4v) is 2.60. The standard InChI is InChI=1S/C18H16O4/c1-21-15-9-12(10-16(22-2)18(15)20)17-13-6-4-3-5-11(13)7-8-14(17)19/h3-10,19-20H,1-2H3. The summed E-state index contributed by atoms with van der Waals surface area (Å²) in [5.74, 6) is 0.686. The Morgan fingerprint density at radius 2 is 1.45 bits per heavy atom. The van der Waals surface area contributed by atoms with Crippen LogP contribution in [-0.4, -0.2) is 24.4 Å². The molecule has 3 rings (SSSR count). The molecule has 0 saturated heterocycles. The van der Waals surface area contributed by atoms with Crippen molar-refractivity contribution in [2.45, 2.75) is 0 Å². The Labute approximate surface area is 128 Å². The largest absolute Gasteiger partial charge is 0.507 e. The Morgan fingerprint density at radius 1 is 0.818 bits per heavy atom. The van der Waals surface area contributed by atoms with Gasteiger partial charge < -0.3 is 19.7 Å². The maximum atomic E-state index is 10.3. The topological polar surface area (TPSA) is 58.9 Å². The minimum absolute atomic E-state index is 0.0616. The number of rotatable bonds is 3.